The van der Waals surface area contributed by atoms with Crippen molar-refractivity contribution in [3.63, 3.8) is 0 Å². The molecule has 0 aliphatic heterocycles. The van der Waals surface area contributed by atoms with Gasteiger partial charge in [0.1, 0.15) is 12.7 Å². The molecule has 12 heteroatoms. The molecule has 0 aliphatic carbocycles. The van der Waals surface area contributed by atoms with Gasteiger partial charge in [0.15, 0.2) is 6.10 Å². The average molecular weight is 969 g/mol. The molecule has 0 radical (unpaired) electrons. The summed E-state index contributed by atoms with van der Waals surface area (Å²) in [6, 6.07) is 0. The minimum atomic E-state index is -4.78. The van der Waals surface area contributed by atoms with Gasteiger partial charge in [-0.2, -0.15) is 0 Å². The SMILES string of the molecule is CC/C=C\C/C=C\C/C=C\C/C=C\C/C=C\CCCC(=O)OC(COC(=O)C/C=C\C/C=C\C/C=C\C/C=C\C/C=C\CC)COP(=O)(O)OCC(CO)OC(=O)CCCCCCCCCCC. The van der Waals surface area contributed by atoms with Crippen LogP contribution >= 0.6 is 7.82 Å². The fraction of sp³-hybridized carbons (Fsp3) is 0.589. The van der Waals surface area contributed by atoms with Crippen LogP contribution in [0.15, 0.2) is 122 Å². The molecule has 3 atom stereocenters. The summed E-state index contributed by atoms with van der Waals surface area (Å²) >= 11 is 0. The van der Waals surface area contributed by atoms with Crippen LogP contribution in [0.4, 0.5) is 0 Å². The Morgan fingerprint density at radius 1 is 0.441 bits per heavy atom. The molecule has 0 aromatic rings. The van der Waals surface area contributed by atoms with Gasteiger partial charge in [-0.15, -0.1) is 0 Å². The maximum atomic E-state index is 12.8. The van der Waals surface area contributed by atoms with Gasteiger partial charge in [0.2, 0.25) is 0 Å². The van der Waals surface area contributed by atoms with Gasteiger partial charge in [0, 0.05) is 12.8 Å². The predicted molar refractivity (Wildman–Crippen MR) is 279 cm³/mol. The van der Waals surface area contributed by atoms with Crippen LogP contribution in [0.5, 0.6) is 0 Å². The van der Waals surface area contributed by atoms with Crippen LogP contribution in [0.2, 0.25) is 0 Å². The van der Waals surface area contributed by atoms with E-state index in [4.69, 9.17) is 23.3 Å². The van der Waals surface area contributed by atoms with Crippen LogP contribution in [0.1, 0.15) is 175 Å². The van der Waals surface area contributed by atoms with E-state index in [1.54, 1.807) is 6.08 Å². The van der Waals surface area contributed by atoms with Crippen LogP contribution in [-0.2, 0) is 42.2 Å². The van der Waals surface area contributed by atoms with Crippen molar-refractivity contribution >= 4 is 25.7 Å². The number of phosphoric ester groups is 1. The molecular weight excluding hydrogens is 880 g/mol. The zero-order valence-corrected chi connectivity index (χ0v) is 42.9. The number of unbranched alkanes of at least 4 members (excludes halogenated alkanes) is 9. The number of phosphoric acid groups is 1. The Balaban J connectivity index is 4.99. The van der Waals surface area contributed by atoms with Crippen molar-refractivity contribution in [2.45, 2.75) is 187 Å². The van der Waals surface area contributed by atoms with E-state index in [1.165, 1.54) is 32.1 Å². The fourth-order valence-corrected chi connectivity index (χ4v) is 6.89. The van der Waals surface area contributed by atoms with Crippen LogP contribution < -0.4 is 0 Å². The van der Waals surface area contributed by atoms with Crippen molar-refractivity contribution in [3.8, 4) is 0 Å². The Morgan fingerprint density at radius 3 is 1.25 bits per heavy atom. The van der Waals surface area contributed by atoms with Crippen molar-refractivity contribution in [2.75, 3.05) is 26.4 Å². The Labute approximate surface area is 411 Å². The highest BCUT2D eigenvalue weighted by molar-refractivity contribution is 7.47. The standard InChI is InChI=1S/C56H89O11P/c1-4-7-10-13-16-19-21-23-25-26-28-30-32-35-38-41-44-47-56(60)67-53(49-63-54(58)45-42-39-36-34-31-29-27-24-22-20-17-14-11-8-5-2)51-65-68(61,62)64-50-52(48-57)66-55(59)46-43-40-37-33-18-15-12-9-6-3/h7-8,10-11,16-17,19-20,23-25,27-28,30-31,34-35,38-39,42,52-53,57H,4-6,9,12-15,18,21-22,26,29,32-33,36-37,40-41,43-51H2,1-3H3,(H,61,62)/b10-7-,11-8-,19-16-,20-17-,25-23-,27-24-,30-28-,34-31-,38-35-,42-39-. The number of rotatable bonds is 45. The van der Waals surface area contributed by atoms with E-state index < -0.39 is 64.4 Å². The summed E-state index contributed by atoms with van der Waals surface area (Å²) in [5, 5.41) is 9.74. The van der Waals surface area contributed by atoms with E-state index in [2.05, 4.69) is 112 Å². The first-order chi connectivity index (χ1) is 33.2. The average Bonchev–Trinajstić information content (AvgIpc) is 3.32. The van der Waals surface area contributed by atoms with Crippen LogP contribution in [0.3, 0.4) is 0 Å². The van der Waals surface area contributed by atoms with Crippen molar-refractivity contribution in [2.24, 2.45) is 0 Å². The largest absolute Gasteiger partial charge is 0.472 e. The molecule has 0 aliphatic rings. The maximum absolute atomic E-state index is 12.8. The molecule has 3 unspecified atom stereocenters. The van der Waals surface area contributed by atoms with Crippen molar-refractivity contribution in [1.29, 1.82) is 0 Å². The number of hydrogen-bond acceptors (Lipinski definition) is 10. The quantitative estimate of drug-likeness (QED) is 0.0197. The first-order valence-corrected chi connectivity index (χ1v) is 26.9. The molecule has 2 N–H and O–H groups in total. The molecule has 68 heavy (non-hydrogen) atoms. The molecule has 0 heterocycles. The zero-order valence-electron chi connectivity index (χ0n) is 42.0. The van der Waals surface area contributed by atoms with E-state index in [9.17, 15) is 28.9 Å². The van der Waals surface area contributed by atoms with Crippen LogP contribution in [0.25, 0.3) is 0 Å². The van der Waals surface area contributed by atoms with Gasteiger partial charge in [-0.25, -0.2) is 4.57 Å². The Hall–Kier alpha value is -4.12. The second kappa shape index (κ2) is 49.3. The molecule has 0 saturated heterocycles. The summed E-state index contributed by atoms with van der Waals surface area (Å²) in [5.41, 5.74) is 0. The highest BCUT2D eigenvalue weighted by atomic mass is 31.2. The third kappa shape index (κ3) is 47.0. The monoisotopic (exact) mass is 969 g/mol. The third-order valence-electron chi connectivity index (χ3n) is 9.91. The van der Waals surface area contributed by atoms with Gasteiger partial charge in [-0.3, -0.25) is 23.4 Å². The molecule has 0 bridgehead atoms. The first kappa shape index (κ1) is 63.9. The summed E-state index contributed by atoms with van der Waals surface area (Å²) < 4.78 is 39.1. The minimum Gasteiger partial charge on any atom is -0.461 e. The summed E-state index contributed by atoms with van der Waals surface area (Å²) in [4.78, 5) is 48.1. The highest BCUT2D eigenvalue weighted by Gasteiger charge is 2.28. The van der Waals surface area contributed by atoms with Gasteiger partial charge in [0.25, 0.3) is 0 Å². The van der Waals surface area contributed by atoms with Gasteiger partial charge >= 0.3 is 25.7 Å². The van der Waals surface area contributed by atoms with E-state index in [1.807, 2.05) is 24.3 Å². The lowest BCUT2D eigenvalue weighted by Gasteiger charge is -2.21. The van der Waals surface area contributed by atoms with Gasteiger partial charge in [-0.05, 0) is 83.5 Å². The number of hydrogen-bond donors (Lipinski definition) is 2. The summed E-state index contributed by atoms with van der Waals surface area (Å²) in [5.74, 6) is -1.71. The molecule has 0 aromatic carbocycles. The summed E-state index contributed by atoms with van der Waals surface area (Å²) in [6.45, 7) is 4.17. The smallest absolute Gasteiger partial charge is 0.461 e. The Bertz CT molecular complexity index is 1600. The Kier molecular flexibility index (Phi) is 46.3. The second-order valence-electron chi connectivity index (χ2n) is 16.2. The van der Waals surface area contributed by atoms with Gasteiger partial charge in [-0.1, -0.05) is 194 Å². The summed E-state index contributed by atoms with van der Waals surface area (Å²) in [7, 11) is -4.78. The number of esters is 3. The molecule has 0 rings (SSSR count). The molecule has 0 saturated carbocycles. The predicted octanol–water partition coefficient (Wildman–Crippen LogP) is 14.5. The van der Waals surface area contributed by atoms with E-state index in [0.717, 1.165) is 77.0 Å². The molecule has 0 amide bonds. The maximum Gasteiger partial charge on any atom is 0.472 e. The number of ether oxygens (including phenoxy) is 3. The third-order valence-corrected chi connectivity index (χ3v) is 10.9. The molecule has 0 fully saturated rings. The first-order valence-electron chi connectivity index (χ1n) is 25.4. The number of aliphatic hydroxyl groups excluding tert-OH is 1. The van der Waals surface area contributed by atoms with Crippen LogP contribution in [0, 0.1) is 0 Å². The molecule has 0 aromatic heterocycles. The van der Waals surface area contributed by atoms with E-state index >= 15 is 0 Å². The minimum absolute atomic E-state index is 0.0235. The lowest BCUT2D eigenvalue weighted by Crippen LogP contribution is -2.30. The van der Waals surface area contributed by atoms with Gasteiger partial charge < -0.3 is 24.2 Å². The molecule has 11 nitrogen and oxygen atoms in total. The fourth-order valence-electron chi connectivity index (χ4n) is 6.11. The van der Waals surface area contributed by atoms with Crippen molar-refractivity contribution in [1.82, 2.24) is 0 Å². The Morgan fingerprint density at radius 2 is 0.809 bits per heavy atom. The lowest BCUT2D eigenvalue weighted by molar-refractivity contribution is -0.161. The van der Waals surface area contributed by atoms with Crippen molar-refractivity contribution < 1.29 is 52.2 Å². The number of carbonyl (C=O) groups is 3. The highest BCUT2D eigenvalue weighted by Crippen LogP contribution is 2.43. The number of carbonyl (C=O) groups excluding carboxylic acids is 3. The van der Waals surface area contributed by atoms with Crippen molar-refractivity contribution in [3.05, 3.63) is 122 Å². The zero-order chi connectivity index (χ0) is 49.9. The van der Waals surface area contributed by atoms with E-state index in [-0.39, 0.29) is 19.3 Å². The second-order valence-corrected chi connectivity index (χ2v) is 17.7. The van der Waals surface area contributed by atoms with Gasteiger partial charge in [0.05, 0.1) is 26.2 Å². The normalized spacial score (nSPS) is 14.5. The van der Waals surface area contributed by atoms with Crippen LogP contribution in [-0.4, -0.2) is 66.5 Å². The molecular formula is C56H89O11P. The van der Waals surface area contributed by atoms with E-state index in [0.29, 0.717) is 25.7 Å². The number of aliphatic hydroxyl groups is 1. The topological polar surface area (TPSA) is 155 Å². The summed E-state index contributed by atoms with van der Waals surface area (Å²) in [6.07, 6.45) is 59.3. The molecule has 384 valence electrons. The number of allylic oxidation sites excluding steroid dienone is 19. The lowest BCUT2D eigenvalue weighted by atomic mass is 10.1. The molecule has 0 spiro atoms.